The van der Waals surface area contributed by atoms with Gasteiger partial charge in [-0.05, 0) is 31.9 Å². The average molecular weight is 286 g/mol. The minimum atomic E-state index is -3.83. The van der Waals surface area contributed by atoms with Gasteiger partial charge in [-0.2, -0.15) is 0 Å². The van der Waals surface area contributed by atoms with Crippen LogP contribution in [0.1, 0.15) is 17.5 Å². The number of rotatable bonds is 3. The number of sulfonamides is 1. The summed E-state index contributed by atoms with van der Waals surface area (Å²) in [6, 6.07) is 2.51. The van der Waals surface area contributed by atoms with Crippen molar-refractivity contribution < 1.29 is 18.2 Å². The minimum Gasteiger partial charge on any atom is -0.284 e. The van der Waals surface area contributed by atoms with Gasteiger partial charge in [-0.25, -0.2) is 8.42 Å². The van der Waals surface area contributed by atoms with E-state index in [1.165, 1.54) is 6.07 Å². The van der Waals surface area contributed by atoms with Gasteiger partial charge in [0.25, 0.3) is 15.7 Å². The molecule has 0 amide bonds. The van der Waals surface area contributed by atoms with Gasteiger partial charge >= 0.3 is 0 Å². The first kappa shape index (κ1) is 13.9. The molecule has 7 nitrogen and oxygen atoms in total. The van der Waals surface area contributed by atoms with Crippen LogP contribution in [-0.4, -0.2) is 31.0 Å². The van der Waals surface area contributed by atoms with Crippen molar-refractivity contribution in [2.45, 2.75) is 25.2 Å². The molecule has 1 heterocycles. The summed E-state index contributed by atoms with van der Waals surface area (Å²) < 4.78 is 25.4. The number of benzene rings is 1. The fourth-order valence-corrected chi connectivity index (χ4v) is 3.28. The molecule has 0 aromatic heterocycles. The van der Waals surface area contributed by atoms with Crippen LogP contribution in [0.2, 0.25) is 0 Å². The number of hydroxylamine groups is 1. The van der Waals surface area contributed by atoms with Gasteiger partial charge < -0.3 is 0 Å². The lowest BCUT2D eigenvalue weighted by molar-refractivity contribution is -0.385. The molecule has 8 heteroatoms. The van der Waals surface area contributed by atoms with Gasteiger partial charge in [0.15, 0.2) is 0 Å². The molecule has 1 aliphatic rings. The van der Waals surface area contributed by atoms with Crippen LogP contribution >= 0.6 is 0 Å². The summed E-state index contributed by atoms with van der Waals surface area (Å²) in [7, 11) is -3.83. The highest BCUT2D eigenvalue weighted by Gasteiger charge is 2.31. The second kappa shape index (κ2) is 4.87. The highest BCUT2D eigenvalue weighted by atomic mass is 32.2. The van der Waals surface area contributed by atoms with E-state index in [4.69, 9.17) is 4.84 Å². The lowest BCUT2D eigenvalue weighted by Gasteiger charge is -2.15. The predicted octanol–water partition coefficient (Wildman–Crippen LogP) is 1.54. The maximum atomic E-state index is 12.3. The summed E-state index contributed by atoms with van der Waals surface area (Å²) in [6.45, 7) is 3.84. The molecule has 2 rings (SSSR count). The number of hydrogen-bond donors (Lipinski definition) is 0. The summed E-state index contributed by atoms with van der Waals surface area (Å²) >= 11 is 0. The zero-order valence-corrected chi connectivity index (χ0v) is 11.4. The Hall–Kier alpha value is -1.51. The van der Waals surface area contributed by atoms with Crippen molar-refractivity contribution in [1.82, 2.24) is 4.47 Å². The molecule has 1 aromatic carbocycles. The van der Waals surface area contributed by atoms with Gasteiger partial charge in [0.1, 0.15) is 0 Å². The molecule has 0 bridgehead atoms. The molecule has 0 spiro atoms. The molecule has 0 radical (unpaired) electrons. The monoisotopic (exact) mass is 286 g/mol. The molecular formula is C11H14N2O5S. The van der Waals surface area contributed by atoms with Crippen molar-refractivity contribution in [2.75, 3.05) is 13.2 Å². The van der Waals surface area contributed by atoms with Crippen molar-refractivity contribution in [2.24, 2.45) is 0 Å². The topological polar surface area (TPSA) is 89.8 Å². The minimum absolute atomic E-state index is 0.107. The standard InChI is InChI=1S/C11H14N2O5S/c1-8-6-10(7-11(9(8)2)13(14)15)19(16,17)12-4-3-5-18-12/h6-7H,3-5H2,1-2H3. The molecule has 0 unspecified atom stereocenters. The third kappa shape index (κ3) is 2.46. The summed E-state index contributed by atoms with van der Waals surface area (Å²) in [6.07, 6.45) is 0.617. The van der Waals surface area contributed by atoms with Crippen molar-refractivity contribution >= 4 is 15.7 Å². The molecule has 1 aliphatic heterocycles. The predicted molar refractivity (Wildman–Crippen MR) is 67.0 cm³/mol. The van der Waals surface area contributed by atoms with Crippen LogP contribution in [0, 0.1) is 24.0 Å². The average Bonchev–Trinajstić information content (AvgIpc) is 2.86. The molecule has 104 valence electrons. The maximum absolute atomic E-state index is 12.3. The second-order valence-corrected chi connectivity index (χ2v) is 6.19. The van der Waals surface area contributed by atoms with Gasteiger partial charge in [0.2, 0.25) is 0 Å². The van der Waals surface area contributed by atoms with Crippen LogP contribution in [0.15, 0.2) is 17.0 Å². The molecule has 19 heavy (non-hydrogen) atoms. The smallest absolute Gasteiger partial charge is 0.273 e. The van der Waals surface area contributed by atoms with Gasteiger partial charge in [0, 0.05) is 18.2 Å². The molecule has 0 N–H and O–H groups in total. The van der Waals surface area contributed by atoms with Gasteiger partial charge in [-0.15, -0.1) is 0 Å². The lowest BCUT2D eigenvalue weighted by Crippen LogP contribution is -2.27. The normalized spacial score (nSPS) is 16.7. The van der Waals surface area contributed by atoms with Gasteiger partial charge in [-0.3, -0.25) is 15.0 Å². The van der Waals surface area contributed by atoms with E-state index in [0.717, 1.165) is 10.5 Å². The number of nitro groups is 1. The third-order valence-corrected chi connectivity index (χ3v) is 4.75. The van der Waals surface area contributed by atoms with Crippen LogP contribution < -0.4 is 0 Å². The van der Waals surface area contributed by atoms with Gasteiger partial charge in [-0.1, -0.05) is 4.47 Å². The zero-order valence-electron chi connectivity index (χ0n) is 10.6. The largest absolute Gasteiger partial charge is 0.284 e. The Morgan fingerprint density at radius 3 is 2.58 bits per heavy atom. The fourth-order valence-electron chi connectivity index (χ4n) is 1.88. The molecule has 0 atom stereocenters. The summed E-state index contributed by atoms with van der Waals surface area (Å²) in [5.74, 6) is 0. The van der Waals surface area contributed by atoms with E-state index in [-0.39, 0.29) is 17.1 Å². The van der Waals surface area contributed by atoms with E-state index in [1.807, 2.05) is 0 Å². The Balaban J connectivity index is 2.54. The van der Waals surface area contributed by atoms with E-state index < -0.39 is 14.9 Å². The van der Waals surface area contributed by atoms with Crippen molar-refractivity contribution in [1.29, 1.82) is 0 Å². The Kier molecular flexibility index (Phi) is 3.57. The van der Waals surface area contributed by atoms with Gasteiger partial charge in [0.05, 0.1) is 16.4 Å². The van der Waals surface area contributed by atoms with Crippen LogP contribution in [0.3, 0.4) is 0 Å². The first-order valence-corrected chi connectivity index (χ1v) is 7.19. The third-order valence-electron chi connectivity index (χ3n) is 3.10. The van der Waals surface area contributed by atoms with E-state index in [0.29, 0.717) is 24.2 Å². The van der Waals surface area contributed by atoms with E-state index in [2.05, 4.69) is 0 Å². The number of hydrogen-bond acceptors (Lipinski definition) is 5. The summed E-state index contributed by atoms with van der Waals surface area (Å²) in [4.78, 5) is 15.3. The lowest BCUT2D eigenvalue weighted by atomic mass is 10.1. The maximum Gasteiger partial charge on any atom is 0.273 e. The van der Waals surface area contributed by atoms with Crippen LogP contribution in [0.4, 0.5) is 5.69 Å². The first-order chi connectivity index (χ1) is 8.84. The van der Waals surface area contributed by atoms with E-state index >= 15 is 0 Å². The molecule has 1 saturated heterocycles. The van der Waals surface area contributed by atoms with Crippen molar-refractivity contribution in [3.63, 3.8) is 0 Å². The fraction of sp³-hybridized carbons (Fsp3) is 0.455. The first-order valence-electron chi connectivity index (χ1n) is 5.75. The summed E-state index contributed by atoms with van der Waals surface area (Å²) in [5, 5.41) is 10.9. The molecule has 0 aliphatic carbocycles. The SMILES string of the molecule is Cc1cc(S(=O)(=O)N2CCCO2)cc([N+](=O)[O-])c1C. The van der Waals surface area contributed by atoms with Crippen LogP contribution in [0.25, 0.3) is 0 Å². The second-order valence-electron chi connectivity index (χ2n) is 4.36. The number of nitrogens with zero attached hydrogens (tertiary/aromatic N) is 2. The Morgan fingerprint density at radius 2 is 2.05 bits per heavy atom. The molecule has 1 fully saturated rings. The number of nitro benzene ring substituents is 1. The Morgan fingerprint density at radius 1 is 1.37 bits per heavy atom. The summed E-state index contributed by atoms with van der Waals surface area (Å²) in [5.41, 5.74) is 0.830. The molecule has 0 saturated carbocycles. The molecule has 1 aromatic rings. The zero-order chi connectivity index (χ0) is 14.2. The quantitative estimate of drug-likeness (QED) is 0.621. The van der Waals surface area contributed by atoms with Crippen molar-refractivity contribution in [3.05, 3.63) is 33.4 Å². The van der Waals surface area contributed by atoms with Crippen LogP contribution in [-0.2, 0) is 14.9 Å². The Labute approximate surface area is 110 Å². The number of aryl methyl sites for hydroxylation is 1. The molecular weight excluding hydrogens is 272 g/mol. The van der Waals surface area contributed by atoms with Crippen molar-refractivity contribution in [3.8, 4) is 0 Å². The highest BCUT2D eigenvalue weighted by molar-refractivity contribution is 7.89. The Bertz CT molecular complexity index is 620. The van der Waals surface area contributed by atoms with E-state index in [1.54, 1.807) is 13.8 Å². The highest BCUT2D eigenvalue weighted by Crippen LogP contribution is 2.28. The van der Waals surface area contributed by atoms with E-state index in [9.17, 15) is 18.5 Å². The van der Waals surface area contributed by atoms with Crippen LogP contribution in [0.5, 0.6) is 0 Å².